The van der Waals surface area contributed by atoms with Gasteiger partial charge in [0.15, 0.2) is 12.0 Å². The summed E-state index contributed by atoms with van der Waals surface area (Å²) < 4.78 is 16.0. The van der Waals surface area contributed by atoms with Crippen LogP contribution in [0, 0.1) is 0 Å². The Balaban J connectivity index is 2.25. The zero-order valence-corrected chi connectivity index (χ0v) is 13.3. The number of ether oxygens (including phenoxy) is 2. The Morgan fingerprint density at radius 1 is 1.13 bits per heavy atom. The van der Waals surface area contributed by atoms with Gasteiger partial charge in [-0.3, -0.25) is 0 Å². The third kappa shape index (κ3) is 2.48. The zero-order valence-electron chi connectivity index (χ0n) is 12.6. The van der Waals surface area contributed by atoms with Crippen molar-refractivity contribution in [3.63, 3.8) is 0 Å². The highest BCUT2D eigenvalue weighted by atomic mass is 35.5. The van der Waals surface area contributed by atoms with Gasteiger partial charge in [-0.25, -0.2) is 9.78 Å². The van der Waals surface area contributed by atoms with E-state index >= 15 is 0 Å². The number of esters is 1. The predicted octanol–water partition coefficient (Wildman–Crippen LogP) is 3.54. The number of aromatic nitrogens is 1. The van der Waals surface area contributed by atoms with Gasteiger partial charge in [0, 0.05) is 17.7 Å². The van der Waals surface area contributed by atoms with E-state index in [2.05, 4.69) is 4.98 Å². The number of carbonyl (C=O) groups is 1. The lowest BCUT2D eigenvalue weighted by Crippen LogP contribution is -2.40. The topological polar surface area (TPSA) is 61.6 Å². The van der Waals surface area contributed by atoms with Gasteiger partial charge in [0.25, 0.3) is 0 Å². The van der Waals surface area contributed by atoms with Crippen LogP contribution in [0.1, 0.15) is 11.1 Å². The fourth-order valence-corrected chi connectivity index (χ4v) is 2.75. The summed E-state index contributed by atoms with van der Waals surface area (Å²) in [6, 6.07) is 12.1. The van der Waals surface area contributed by atoms with Gasteiger partial charge in [-0.2, -0.15) is 0 Å². The Hall–Kier alpha value is -2.37. The molecule has 0 saturated carbocycles. The van der Waals surface area contributed by atoms with E-state index in [1.54, 1.807) is 42.5 Å². The molecule has 3 aromatic rings. The van der Waals surface area contributed by atoms with Crippen molar-refractivity contribution in [1.82, 2.24) is 4.98 Å². The lowest BCUT2D eigenvalue weighted by molar-refractivity contribution is -0.162. The summed E-state index contributed by atoms with van der Waals surface area (Å²) in [6.45, 7) is 0. The number of rotatable bonds is 4. The van der Waals surface area contributed by atoms with Crippen molar-refractivity contribution in [3.05, 3.63) is 65.0 Å². The Kier molecular flexibility index (Phi) is 4.07. The molecule has 2 aromatic carbocycles. The summed E-state index contributed by atoms with van der Waals surface area (Å²) in [5, 5.41) is 0.564. The maximum absolute atomic E-state index is 12.6. The number of hydrogen-bond acceptors (Lipinski definition) is 5. The Morgan fingerprint density at radius 3 is 2.48 bits per heavy atom. The molecule has 3 rings (SSSR count). The monoisotopic (exact) mass is 331 g/mol. The second-order valence-corrected chi connectivity index (χ2v) is 5.36. The van der Waals surface area contributed by atoms with E-state index in [1.165, 1.54) is 20.6 Å². The minimum absolute atomic E-state index is 0.541. The first kappa shape index (κ1) is 15.5. The summed E-state index contributed by atoms with van der Waals surface area (Å²) in [5.74, 6) is -0.541. The van der Waals surface area contributed by atoms with Crippen LogP contribution >= 0.6 is 11.6 Å². The highest BCUT2D eigenvalue weighted by Crippen LogP contribution is 2.36. The molecule has 1 aromatic heterocycles. The molecule has 0 aliphatic carbocycles. The number of methoxy groups -OCH3 is 2. The van der Waals surface area contributed by atoms with Gasteiger partial charge >= 0.3 is 5.97 Å². The number of carbonyl (C=O) groups excluding carboxylic acids is 1. The van der Waals surface area contributed by atoms with Gasteiger partial charge in [0.2, 0.25) is 5.60 Å². The largest absolute Gasteiger partial charge is 0.466 e. The fourth-order valence-electron chi connectivity index (χ4n) is 2.62. The van der Waals surface area contributed by atoms with Crippen LogP contribution in [-0.2, 0) is 19.9 Å². The molecule has 0 N–H and O–H groups in total. The second kappa shape index (κ2) is 6.02. The third-order valence-corrected chi connectivity index (χ3v) is 4.02. The molecule has 0 aliphatic heterocycles. The molecule has 1 atom stereocenters. The van der Waals surface area contributed by atoms with Crippen molar-refractivity contribution in [3.8, 4) is 0 Å². The van der Waals surface area contributed by atoms with Crippen LogP contribution in [0.3, 0.4) is 0 Å². The third-order valence-electron chi connectivity index (χ3n) is 3.77. The molecular weight excluding hydrogens is 318 g/mol. The van der Waals surface area contributed by atoms with Gasteiger partial charge in [0.05, 0.1) is 7.11 Å². The molecule has 5 nitrogen and oxygen atoms in total. The average Bonchev–Trinajstić information content (AvgIpc) is 3.05. The maximum atomic E-state index is 12.6. The number of hydrogen-bond donors (Lipinski definition) is 0. The van der Waals surface area contributed by atoms with Crippen molar-refractivity contribution in [1.29, 1.82) is 0 Å². The highest BCUT2D eigenvalue weighted by molar-refractivity contribution is 6.30. The normalized spacial score (nSPS) is 13.7. The predicted molar refractivity (Wildman–Crippen MR) is 85.3 cm³/mol. The molecule has 0 saturated heterocycles. The molecule has 0 bridgehead atoms. The number of nitrogens with zero attached hydrogens (tertiary/aromatic N) is 1. The molecule has 6 heteroatoms. The maximum Gasteiger partial charge on any atom is 0.347 e. The minimum Gasteiger partial charge on any atom is -0.466 e. The van der Waals surface area contributed by atoms with Crippen LogP contribution in [-0.4, -0.2) is 25.2 Å². The Labute approximate surface area is 137 Å². The molecule has 1 heterocycles. The van der Waals surface area contributed by atoms with Gasteiger partial charge in [0.1, 0.15) is 5.52 Å². The molecule has 0 aliphatic rings. The summed E-state index contributed by atoms with van der Waals surface area (Å²) in [5.41, 5.74) is 1.02. The molecule has 1 unspecified atom stereocenters. The number of halogens is 1. The molecule has 23 heavy (non-hydrogen) atoms. The van der Waals surface area contributed by atoms with E-state index in [1.807, 2.05) is 0 Å². The first-order valence-electron chi connectivity index (χ1n) is 6.85. The number of benzene rings is 2. The highest BCUT2D eigenvalue weighted by Gasteiger charge is 2.44. The molecular formula is C17H14ClNO4. The van der Waals surface area contributed by atoms with Crippen molar-refractivity contribution in [2.24, 2.45) is 0 Å². The Bertz CT molecular complexity index is 843. The number of oxazole rings is 1. The van der Waals surface area contributed by atoms with Crippen LogP contribution in [0.5, 0.6) is 0 Å². The molecule has 0 fully saturated rings. The van der Waals surface area contributed by atoms with Crippen LogP contribution < -0.4 is 0 Å². The SMILES string of the molecule is COC(=O)C(OC)(c1ccc(Cl)cc1)c1ccc2ncoc2c1. The van der Waals surface area contributed by atoms with E-state index in [9.17, 15) is 4.79 Å². The summed E-state index contributed by atoms with van der Waals surface area (Å²) in [4.78, 5) is 16.7. The summed E-state index contributed by atoms with van der Waals surface area (Å²) in [7, 11) is 2.77. The first-order chi connectivity index (χ1) is 11.1. The fraction of sp³-hybridized carbons (Fsp3) is 0.176. The first-order valence-corrected chi connectivity index (χ1v) is 7.23. The summed E-state index contributed by atoms with van der Waals surface area (Å²) >= 11 is 5.95. The zero-order chi connectivity index (χ0) is 16.4. The van der Waals surface area contributed by atoms with Crippen molar-refractivity contribution in [2.45, 2.75) is 5.60 Å². The van der Waals surface area contributed by atoms with Crippen molar-refractivity contribution >= 4 is 28.7 Å². The van der Waals surface area contributed by atoms with E-state index in [4.69, 9.17) is 25.5 Å². The molecule has 118 valence electrons. The molecule has 0 spiro atoms. The van der Waals surface area contributed by atoms with E-state index in [0.717, 1.165) is 0 Å². The van der Waals surface area contributed by atoms with E-state index in [0.29, 0.717) is 27.2 Å². The lowest BCUT2D eigenvalue weighted by atomic mass is 9.86. The standard InChI is InChI=1S/C17H14ClNO4/c1-21-16(20)17(22-2,11-3-6-13(18)7-4-11)12-5-8-14-15(9-12)23-10-19-14/h3-10H,1-2H3. The summed E-state index contributed by atoms with van der Waals surface area (Å²) in [6.07, 6.45) is 1.35. The van der Waals surface area contributed by atoms with Crippen LogP contribution in [0.25, 0.3) is 11.1 Å². The van der Waals surface area contributed by atoms with Crippen LogP contribution in [0.15, 0.2) is 53.3 Å². The van der Waals surface area contributed by atoms with Gasteiger partial charge in [-0.15, -0.1) is 0 Å². The second-order valence-electron chi connectivity index (χ2n) is 4.92. The van der Waals surface area contributed by atoms with E-state index in [-0.39, 0.29) is 0 Å². The Morgan fingerprint density at radius 2 is 1.83 bits per heavy atom. The van der Waals surface area contributed by atoms with Gasteiger partial charge in [-0.05, 0) is 29.8 Å². The minimum atomic E-state index is -1.42. The molecule has 0 amide bonds. The van der Waals surface area contributed by atoms with Crippen LogP contribution in [0.2, 0.25) is 5.02 Å². The quantitative estimate of drug-likeness (QED) is 0.684. The van der Waals surface area contributed by atoms with Crippen molar-refractivity contribution in [2.75, 3.05) is 14.2 Å². The number of fused-ring (bicyclic) bond motifs is 1. The van der Waals surface area contributed by atoms with Crippen molar-refractivity contribution < 1.29 is 18.7 Å². The average molecular weight is 332 g/mol. The lowest BCUT2D eigenvalue weighted by Gasteiger charge is -2.30. The molecule has 0 radical (unpaired) electrons. The van der Waals surface area contributed by atoms with Crippen LogP contribution in [0.4, 0.5) is 0 Å². The van der Waals surface area contributed by atoms with Gasteiger partial charge in [-0.1, -0.05) is 29.8 Å². The van der Waals surface area contributed by atoms with E-state index < -0.39 is 11.6 Å². The smallest absolute Gasteiger partial charge is 0.347 e. The van der Waals surface area contributed by atoms with Gasteiger partial charge < -0.3 is 13.9 Å².